The number of benzene rings is 2. The summed E-state index contributed by atoms with van der Waals surface area (Å²) in [5, 5.41) is 5.38. The molecule has 0 spiro atoms. The first-order chi connectivity index (χ1) is 12.1. The Labute approximate surface area is 147 Å². The predicted octanol–water partition coefficient (Wildman–Crippen LogP) is 2.89. The van der Waals surface area contributed by atoms with Crippen LogP contribution in [0.1, 0.15) is 5.56 Å². The highest BCUT2D eigenvalue weighted by molar-refractivity contribution is 5.89. The molecule has 0 unspecified atom stereocenters. The molecule has 0 heterocycles. The Morgan fingerprint density at radius 1 is 0.920 bits per heavy atom. The van der Waals surface area contributed by atoms with E-state index in [0.717, 1.165) is 11.3 Å². The Balaban J connectivity index is 1.87. The summed E-state index contributed by atoms with van der Waals surface area (Å²) in [6.45, 7) is 0.221. The zero-order valence-electron chi connectivity index (χ0n) is 14.4. The van der Waals surface area contributed by atoms with Crippen LogP contribution >= 0.6 is 0 Å². The third-order valence-electron chi connectivity index (χ3n) is 3.27. The second kappa shape index (κ2) is 9.08. The van der Waals surface area contributed by atoms with Crippen LogP contribution < -0.4 is 24.8 Å². The predicted molar refractivity (Wildman–Crippen MR) is 96.4 cm³/mol. The summed E-state index contributed by atoms with van der Waals surface area (Å²) in [5.74, 6) is 7.81. The van der Waals surface area contributed by atoms with Gasteiger partial charge in [0.25, 0.3) is 0 Å². The van der Waals surface area contributed by atoms with Crippen molar-refractivity contribution in [3.8, 4) is 29.1 Å². The van der Waals surface area contributed by atoms with Crippen LogP contribution in [0.2, 0.25) is 0 Å². The molecule has 0 aliphatic heterocycles. The van der Waals surface area contributed by atoms with Crippen molar-refractivity contribution >= 4 is 11.7 Å². The number of hydrogen-bond donors (Lipinski definition) is 2. The molecular formula is C19H20N2O4. The first-order valence-electron chi connectivity index (χ1n) is 7.55. The quantitative estimate of drug-likeness (QED) is 0.821. The molecule has 0 bridgehead atoms. The first-order valence-corrected chi connectivity index (χ1v) is 7.55. The first kappa shape index (κ1) is 18.0. The number of methoxy groups -OCH3 is 3. The molecule has 0 fully saturated rings. The summed E-state index contributed by atoms with van der Waals surface area (Å²) >= 11 is 0. The fraction of sp³-hybridized carbons (Fsp3) is 0.211. The molecule has 0 aromatic heterocycles. The average Bonchev–Trinajstić information content (AvgIpc) is 2.65. The number of urea groups is 1. The van der Waals surface area contributed by atoms with Gasteiger partial charge < -0.3 is 24.8 Å². The summed E-state index contributed by atoms with van der Waals surface area (Å²) in [5.41, 5.74) is 1.41. The van der Waals surface area contributed by atoms with Gasteiger partial charge in [0.05, 0.1) is 27.9 Å². The average molecular weight is 340 g/mol. The minimum atomic E-state index is -0.362. The maximum atomic E-state index is 11.9. The Bertz CT molecular complexity index is 754. The Morgan fingerprint density at radius 2 is 1.52 bits per heavy atom. The van der Waals surface area contributed by atoms with Crippen molar-refractivity contribution in [2.24, 2.45) is 0 Å². The molecular weight excluding hydrogens is 320 g/mol. The Kier molecular flexibility index (Phi) is 6.55. The van der Waals surface area contributed by atoms with Crippen molar-refractivity contribution in [2.45, 2.75) is 0 Å². The molecule has 2 amide bonds. The second-order valence-corrected chi connectivity index (χ2v) is 4.94. The summed E-state index contributed by atoms with van der Waals surface area (Å²) in [6.07, 6.45) is 0. The zero-order valence-corrected chi connectivity index (χ0v) is 14.4. The number of carbonyl (C=O) groups is 1. The topological polar surface area (TPSA) is 68.8 Å². The molecule has 6 heteroatoms. The zero-order chi connectivity index (χ0) is 18.1. The molecule has 2 aromatic rings. The molecule has 0 saturated heterocycles. The minimum absolute atomic E-state index is 0.221. The molecule has 130 valence electrons. The number of carbonyl (C=O) groups excluding carboxylic acids is 1. The van der Waals surface area contributed by atoms with Crippen LogP contribution in [0.5, 0.6) is 17.2 Å². The fourth-order valence-electron chi connectivity index (χ4n) is 2.00. The van der Waals surface area contributed by atoms with Crippen molar-refractivity contribution in [1.82, 2.24) is 5.32 Å². The van der Waals surface area contributed by atoms with E-state index in [9.17, 15) is 4.79 Å². The normalized spacial score (nSPS) is 9.40. The van der Waals surface area contributed by atoms with Crippen molar-refractivity contribution in [3.63, 3.8) is 0 Å². The molecule has 2 aromatic carbocycles. The molecule has 0 aliphatic carbocycles. The standard InChI is InChI=1S/C19H20N2O4/c1-23-16-8-6-14(7-9-16)5-4-10-20-19(22)21-15-11-17(24-2)13-18(12-15)25-3/h6-9,11-13H,10H2,1-3H3,(H2,20,21,22). The number of nitrogens with one attached hydrogen (secondary N) is 2. The van der Waals surface area contributed by atoms with E-state index in [4.69, 9.17) is 14.2 Å². The maximum absolute atomic E-state index is 11.9. The van der Waals surface area contributed by atoms with Crippen molar-refractivity contribution in [2.75, 3.05) is 33.2 Å². The highest BCUT2D eigenvalue weighted by atomic mass is 16.5. The molecule has 2 rings (SSSR count). The van der Waals surface area contributed by atoms with Gasteiger partial charge in [-0.05, 0) is 24.3 Å². The van der Waals surface area contributed by atoms with Crippen LogP contribution in [-0.4, -0.2) is 33.9 Å². The summed E-state index contributed by atoms with van der Waals surface area (Å²) in [6, 6.07) is 12.1. The van der Waals surface area contributed by atoms with E-state index in [1.807, 2.05) is 24.3 Å². The van der Waals surface area contributed by atoms with Gasteiger partial charge in [0, 0.05) is 29.4 Å². The maximum Gasteiger partial charge on any atom is 0.319 e. The number of rotatable bonds is 5. The van der Waals surface area contributed by atoms with E-state index in [1.165, 1.54) is 0 Å². The van der Waals surface area contributed by atoms with Gasteiger partial charge in [0.15, 0.2) is 0 Å². The van der Waals surface area contributed by atoms with E-state index in [2.05, 4.69) is 22.5 Å². The van der Waals surface area contributed by atoms with Gasteiger partial charge in [-0.2, -0.15) is 0 Å². The smallest absolute Gasteiger partial charge is 0.319 e. The van der Waals surface area contributed by atoms with Gasteiger partial charge in [-0.3, -0.25) is 0 Å². The SMILES string of the molecule is COc1ccc(C#CCNC(=O)Nc2cc(OC)cc(OC)c2)cc1. The fourth-order valence-corrected chi connectivity index (χ4v) is 2.00. The van der Waals surface area contributed by atoms with Crippen molar-refractivity contribution < 1.29 is 19.0 Å². The van der Waals surface area contributed by atoms with E-state index >= 15 is 0 Å². The van der Waals surface area contributed by atoms with Gasteiger partial charge in [0.2, 0.25) is 0 Å². The van der Waals surface area contributed by atoms with Crippen molar-refractivity contribution in [3.05, 3.63) is 48.0 Å². The second-order valence-electron chi connectivity index (χ2n) is 4.94. The molecule has 0 saturated carbocycles. The lowest BCUT2D eigenvalue weighted by Crippen LogP contribution is -2.28. The summed E-state index contributed by atoms with van der Waals surface area (Å²) < 4.78 is 15.4. The molecule has 0 atom stereocenters. The number of anilines is 1. The molecule has 0 aliphatic rings. The van der Waals surface area contributed by atoms with Crippen LogP contribution in [0.25, 0.3) is 0 Å². The van der Waals surface area contributed by atoms with Gasteiger partial charge in [-0.25, -0.2) is 4.79 Å². The molecule has 0 radical (unpaired) electrons. The highest BCUT2D eigenvalue weighted by Crippen LogP contribution is 2.25. The third kappa shape index (κ3) is 5.66. The monoisotopic (exact) mass is 340 g/mol. The number of hydrogen-bond acceptors (Lipinski definition) is 4. The lowest BCUT2D eigenvalue weighted by atomic mass is 10.2. The van der Waals surface area contributed by atoms with E-state index in [0.29, 0.717) is 17.2 Å². The number of ether oxygens (including phenoxy) is 3. The van der Waals surface area contributed by atoms with Crippen LogP contribution in [-0.2, 0) is 0 Å². The number of amides is 2. The Morgan fingerprint density at radius 3 is 2.08 bits per heavy atom. The summed E-state index contributed by atoms with van der Waals surface area (Å²) in [4.78, 5) is 11.9. The van der Waals surface area contributed by atoms with Crippen molar-refractivity contribution in [1.29, 1.82) is 0 Å². The van der Waals surface area contributed by atoms with Crippen LogP contribution in [0.15, 0.2) is 42.5 Å². The van der Waals surface area contributed by atoms with E-state index in [1.54, 1.807) is 39.5 Å². The Hall–Kier alpha value is -3.33. The third-order valence-corrected chi connectivity index (χ3v) is 3.27. The van der Waals surface area contributed by atoms with Gasteiger partial charge in [-0.15, -0.1) is 0 Å². The van der Waals surface area contributed by atoms with E-state index in [-0.39, 0.29) is 12.6 Å². The largest absolute Gasteiger partial charge is 0.497 e. The van der Waals surface area contributed by atoms with Crippen LogP contribution in [0.3, 0.4) is 0 Å². The van der Waals surface area contributed by atoms with E-state index < -0.39 is 0 Å². The van der Waals surface area contributed by atoms with Gasteiger partial charge in [0.1, 0.15) is 17.2 Å². The molecule has 2 N–H and O–H groups in total. The summed E-state index contributed by atoms with van der Waals surface area (Å²) in [7, 11) is 4.71. The minimum Gasteiger partial charge on any atom is -0.497 e. The lowest BCUT2D eigenvalue weighted by Gasteiger charge is -2.09. The van der Waals surface area contributed by atoms with Crippen LogP contribution in [0.4, 0.5) is 10.5 Å². The molecule has 6 nitrogen and oxygen atoms in total. The van der Waals surface area contributed by atoms with Gasteiger partial charge >= 0.3 is 6.03 Å². The van der Waals surface area contributed by atoms with Gasteiger partial charge in [-0.1, -0.05) is 11.8 Å². The molecule has 25 heavy (non-hydrogen) atoms. The van der Waals surface area contributed by atoms with Crippen LogP contribution in [0, 0.1) is 11.8 Å². The lowest BCUT2D eigenvalue weighted by molar-refractivity contribution is 0.253. The highest BCUT2D eigenvalue weighted by Gasteiger charge is 2.05.